The summed E-state index contributed by atoms with van der Waals surface area (Å²) in [5.41, 5.74) is 0.595. The fraction of sp³-hybridized carbons (Fsp3) is 0.529. The minimum atomic E-state index is -0.363. The highest BCUT2D eigenvalue weighted by Gasteiger charge is 2.40. The van der Waals surface area contributed by atoms with Crippen molar-refractivity contribution < 1.29 is 19.6 Å². The van der Waals surface area contributed by atoms with Gasteiger partial charge in [0.05, 0.1) is 24.6 Å². The quantitative estimate of drug-likeness (QED) is 0.757. The lowest BCUT2D eigenvalue weighted by atomic mass is 9.87. The standard InChI is InChI=1S/C17H22ClN3O3/c1-24-15-7-6-10(8-11(15)18)19-16(22)9-14-17(23)21-13-5-3-2-4-12(13)20-14/h6-8,12-14,20H,2-5,9H2,1H3,(H,19,22)(H,21,23)/p+1/t12-,13+,14+/m0/s1. The number of nitrogens with two attached hydrogens (primary N) is 1. The van der Waals surface area contributed by atoms with Gasteiger partial charge in [0, 0.05) is 12.1 Å². The average Bonchev–Trinajstić information content (AvgIpc) is 2.55. The van der Waals surface area contributed by atoms with E-state index in [1.54, 1.807) is 18.2 Å². The topological polar surface area (TPSA) is 84.0 Å². The minimum absolute atomic E-state index is 0.0407. The predicted octanol–water partition coefficient (Wildman–Crippen LogP) is 1.05. The van der Waals surface area contributed by atoms with Crippen molar-refractivity contribution in [2.45, 2.75) is 50.2 Å². The molecule has 1 aliphatic carbocycles. The number of carbonyl (C=O) groups excluding carboxylic acids is 2. The molecule has 1 aromatic carbocycles. The first-order chi connectivity index (χ1) is 11.6. The summed E-state index contributed by atoms with van der Waals surface area (Å²) in [5.74, 6) is 0.320. The first-order valence-electron chi connectivity index (χ1n) is 8.35. The van der Waals surface area contributed by atoms with E-state index < -0.39 is 0 Å². The Morgan fingerprint density at radius 1 is 1.42 bits per heavy atom. The molecular weight excluding hydrogens is 330 g/mol. The van der Waals surface area contributed by atoms with E-state index in [1.807, 2.05) is 0 Å². The van der Waals surface area contributed by atoms with Crippen LogP contribution in [-0.4, -0.2) is 37.0 Å². The third kappa shape index (κ3) is 3.82. The van der Waals surface area contributed by atoms with Crippen LogP contribution < -0.4 is 20.7 Å². The zero-order valence-electron chi connectivity index (χ0n) is 13.7. The van der Waals surface area contributed by atoms with Gasteiger partial charge in [0.15, 0.2) is 6.04 Å². The van der Waals surface area contributed by atoms with E-state index in [1.165, 1.54) is 20.0 Å². The van der Waals surface area contributed by atoms with Crippen molar-refractivity contribution in [1.82, 2.24) is 5.32 Å². The molecule has 1 saturated carbocycles. The van der Waals surface area contributed by atoms with E-state index in [2.05, 4.69) is 16.0 Å². The highest BCUT2D eigenvalue weighted by Crippen LogP contribution is 2.27. The molecule has 0 bridgehead atoms. The van der Waals surface area contributed by atoms with Crippen LogP contribution in [0.4, 0.5) is 5.69 Å². The number of benzene rings is 1. The second-order valence-electron chi connectivity index (χ2n) is 6.46. The summed E-state index contributed by atoms with van der Waals surface area (Å²) >= 11 is 6.06. The van der Waals surface area contributed by atoms with Gasteiger partial charge in [-0.05, 0) is 31.0 Å². The van der Waals surface area contributed by atoms with Gasteiger partial charge in [-0.15, -0.1) is 0 Å². The fourth-order valence-electron chi connectivity index (χ4n) is 3.56. The number of hydrogen-bond donors (Lipinski definition) is 3. The van der Waals surface area contributed by atoms with Crippen molar-refractivity contribution in [1.29, 1.82) is 0 Å². The lowest BCUT2D eigenvalue weighted by molar-refractivity contribution is -0.718. The summed E-state index contributed by atoms with van der Waals surface area (Å²) in [6.07, 6.45) is 4.64. The van der Waals surface area contributed by atoms with E-state index in [0.717, 1.165) is 12.8 Å². The maximum atomic E-state index is 12.3. The van der Waals surface area contributed by atoms with Crippen molar-refractivity contribution in [2.75, 3.05) is 12.4 Å². The number of piperazine rings is 1. The predicted molar refractivity (Wildman–Crippen MR) is 91.2 cm³/mol. The summed E-state index contributed by atoms with van der Waals surface area (Å²) in [6, 6.07) is 5.35. The molecule has 130 valence electrons. The summed E-state index contributed by atoms with van der Waals surface area (Å²) < 4.78 is 5.09. The number of hydrogen-bond acceptors (Lipinski definition) is 3. The Morgan fingerprint density at radius 3 is 2.96 bits per heavy atom. The molecule has 3 atom stereocenters. The van der Waals surface area contributed by atoms with Crippen LogP contribution in [0.3, 0.4) is 0 Å². The molecule has 1 saturated heterocycles. The monoisotopic (exact) mass is 352 g/mol. The number of ether oxygens (including phenoxy) is 1. The fourth-order valence-corrected chi connectivity index (χ4v) is 3.82. The van der Waals surface area contributed by atoms with Gasteiger partial charge in [-0.3, -0.25) is 9.59 Å². The van der Waals surface area contributed by atoms with Gasteiger partial charge in [0.2, 0.25) is 5.91 Å². The molecule has 7 heteroatoms. The smallest absolute Gasteiger partial charge is 0.279 e. The van der Waals surface area contributed by atoms with Crippen molar-refractivity contribution in [3.8, 4) is 5.75 Å². The normalized spacial score (nSPS) is 26.2. The van der Waals surface area contributed by atoms with Crippen molar-refractivity contribution in [3.05, 3.63) is 23.2 Å². The third-order valence-electron chi connectivity index (χ3n) is 4.80. The largest absolute Gasteiger partial charge is 0.495 e. The second kappa shape index (κ2) is 7.40. The van der Waals surface area contributed by atoms with Crippen LogP contribution in [0, 0.1) is 0 Å². The third-order valence-corrected chi connectivity index (χ3v) is 5.10. The lowest BCUT2D eigenvalue weighted by Gasteiger charge is -2.37. The molecule has 1 aliphatic heterocycles. The second-order valence-corrected chi connectivity index (χ2v) is 6.87. The number of nitrogens with one attached hydrogen (secondary N) is 2. The number of anilines is 1. The highest BCUT2D eigenvalue weighted by molar-refractivity contribution is 6.32. The molecule has 1 aromatic rings. The summed E-state index contributed by atoms with van der Waals surface area (Å²) in [4.78, 5) is 24.5. The SMILES string of the molecule is COc1ccc(NC(=O)C[C@H]2[NH2+][C@H]3CCCC[C@H]3NC2=O)cc1Cl. The van der Waals surface area contributed by atoms with Crippen LogP contribution in [0.2, 0.25) is 5.02 Å². The lowest BCUT2D eigenvalue weighted by Crippen LogP contribution is -3.03. The zero-order valence-corrected chi connectivity index (χ0v) is 14.4. The van der Waals surface area contributed by atoms with Crippen LogP contribution in [0.15, 0.2) is 18.2 Å². The minimum Gasteiger partial charge on any atom is -0.495 e. The Morgan fingerprint density at radius 2 is 2.21 bits per heavy atom. The number of carbonyl (C=O) groups is 2. The van der Waals surface area contributed by atoms with Gasteiger partial charge in [0.1, 0.15) is 11.8 Å². The summed E-state index contributed by atoms with van der Waals surface area (Å²) in [5, 5.41) is 8.37. The molecule has 0 unspecified atom stereocenters. The molecule has 6 nitrogen and oxygen atoms in total. The Hall–Kier alpha value is -1.79. The van der Waals surface area contributed by atoms with Crippen LogP contribution in [0.1, 0.15) is 32.1 Å². The number of fused-ring (bicyclic) bond motifs is 1. The summed E-state index contributed by atoms with van der Waals surface area (Å²) in [7, 11) is 1.54. The molecule has 0 radical (unpaired) electrons. The average molecular weight is 353 g/mol. The highest BCUT2D eigenvalue weighted by atomic mass is 35.5. The zero-order chi connectivity index (χ0) is 17.1. The van der Waals surface area contributed by atoms with Gasteiger partial charge in [-0.2, -0.15) is 0 Å². The van der Waals surface area contributed by atoms with Crippen LogP contribution >= 0.6 is 11.6 Å². The maximum absolute atomic E-state index is 12.3. The molecule has 0 aromatic heterocycles. The number of methoxy groups -OCH3 is 1. The van der Waals surface area contributed by atoms with Gasteiger partial charge in [-0.25, -0.2) is 0 Å². The van der Waals surface area contributed by atoms with Crippen molar-refractivity contribution in [2.24, 2.45) is 0 Å². The molecule has 2 aliphatic rings. The van der Waals surface area contributed by atoms with E-state index in [0.29, 0.717) is 22.5 Å². The van der Waals surface area contributed by atoms with E-state index in [-0.39, 0.29) is 30.3 Å². The number of amides is 2. The molecular formula is C17H23ClN3O3+. The molecule has 1 heterocycles. The van der Waals surface area contributed by atoms with Gasteiger partial charge < -0.3 is 20.7 Å². The number of halogens is 1. The number of rotatable bonds is 4. The molecule has 0 spiro atoms. The Balaban J connectivity index is 1.58. The molecule has 24 heavy (non-hydrogen) atoms. The summed E-state index contributed by atoms with van der Waals surface area (Å²) in [6.45, 7) is 0. The molecule has 2 fully saturated rings. The Labute approximate surface area is 146 Å². The Kier molecular flexibility index (Phi) is 5.26. The molecule has 2 amide bonds. The van der Waals surface area contributed by atoms with Crippen LogP contribution in [-0.2, 0) is 9.59 Å². The van der Waals surface area contributed by atoms with Gasteiger partial charge in [0.25, 0.3) is 5.91 Å². The van der Waals surface area contributed by atoms with Crippen molar-refractivity contribution >= 4 is 29.1 Å². The number of quaternary nitrogens is 1. The van der Waals surface area contributed by atoms with E-state index in [9.17, 15) is 9.59 Å². The Bertz CT molecular complexity index is 638. The molecule has 4 N–H and O–H groups in total. The van der Waals surface area contributed by atoms with Crippen LogP contribution in [0.25, 0.3) is 0 Å². The first-order valence-corrected chi connectivity index (χ1v) is 8.73. The van der Waals surface area contributed by atoms with Gasteiger partial charge in [-0.1, -0.05) is 18.0 Å². The first kappa shape index (κ1) is 17.0. The van der Waals surface area contributed by atoms with E-state index in [4.69, 9.17) is 16.3 Å². The van der Waals surface area contributed by atoms with Crippen molar-refractivity contribution in [3.63, 3.8) is 0 Å². The van der Waals surface area contributed by atoms with E-state index >= 15 is 0 Å². The van der Waals surface area contributed by atoms with Crippen LogP contribution in [0.5, 0.6) is 5.75 Å². The van der Waals surface area contributed by atoms with Gasteiger partial charge >= 0.3 is 0 Å². The maximum Gasteiger partial charge on any atom is 0.279 e. The molecule has 3 rings (SSSR count).